The molecule has 0 saturated heterocycles. The van der Waals surface area contributed by atoms with Crippen molar-refractivity contribution in [1.29, 1.82) is 0 Å². The average molecular weight is 402 g/mol. The summed E-state index contributed by atoms with van der Waals surface area (Å²) >= 11 is 7.45. The Morgan fingerprint density at radius 2 is 1.89 bits per heavy atom. The lowest BCUT2D eigenvalue weighted by molar-refractivity contribution is -0.120. The summed E-state index contributed by atoms with van der Waals surface area (Å²) in [7, 11) is 0. The highest BCUT2D eigenvalue weighted by atomic mass is 35.5. The van der Waals surface area contributed by atoms with Gasteiger partial charge in [0.1, 0.15) is 0 Å². The van der Waals surface area contributed by atoms with Gasteiger partial charge in [-0.25, -0.2) is 0 Å². The fourth-order valence-corrected chi connectivity index (χ4v) is 3.54. The van der Waals surface area contributed by atoms with Gasteiger partial charge in [-0.05, 0) is 37.6 Å². The van der Waals surface area contributed by atoms with Crippen LogP contribution in [-0.2, 0) is 11.3 Å². The predicted molar refractivity (Wildman–Crippen MR) is 108 cm³/mol. The molecule has 0 fully saturated rings. The summed E-state index contributed by atoms with van der Waals surface area (Å²) < 4.78 is 5.70. The van der Waals surface area contributed by atoms with E-state index < -0.39 is 0 Å². The number of aryl methyl sites for hydroxylation is 2. The van der Waals surface area contributed by atoms with Gasteiger partial charge in [0.05, 0.1) is 0 Å². The van der Waals surface area contributed by atoms with Crippen LogP contribution in [0.2, 0.25) is 5.02 Å². The number of hydrogen-bond acceptors (Lipinski definition) is 5. The number of rotatable bonds is 7. The SMILES string of the molecule is Cc1cc(C)cc(-c2nnc(SCCC(=O)NCc3ccccc3Cl)o2)c1. The molecule has 0 aliphatic carbocycles. The van der Waals surface area contributed by atoms with Gasteiger partial charge in [-0.3, -0.25) is 4.79 Å². The van der Waals surface area contributed by atoms with Crippen molar-refractivity contribution in [3.8, 4) is 11.5 Å². The van der Waals surface area contributed by atoms with Gasteiger partial charge < -0.3 is 9.73 Å². The summed E-state index contributed by atoms with van der Waals surface area (Å²) in [6.45, 7) is 4.48. The van der Waals surface area contributed by atoms with Gasteiger partial charge in [-0.15, -0.1) is 10.2 Å². The Morgan fingerprint density at radius 1 is 1.15 bits per heavy atom. The normalized spacial score (nSPS) is 10.8. The highest BCUT2D eigenvalue weighted by Crippen LogP contribution is 2.25. The van der Waals surface area contributed by atoms with Crippen molar-refractivity contribution in [1.82, 2.24) is 15.5 Å². The van der Waals surface area contributed by atoms with Crippen molar-refractivity contribution < 1.29 is 9.21 Å². The third kappa shape index (κ3) is 5.58. The van der Waals surface area contributed by atoms with Crippen LogP contribution < -0.4 is 5.32 Å². The zero-order valence-corrected chi connectivity index (χ0v) is 16.7. The molecule has 1 amide bonds. The van der Waals surface area contributed by atoms with Crippen molar-refractivity contribution in [3.63, 3.8) is 0 Å². The maximum absolute atomic E-state index is 12.0. The van der Waals surface area contributed by atoms with Crippen molar-refractivity contribution in [2.24, 2.45) is 0 Å². The maximum atomic E-state index is 12.0. The molecule has 2 aromatic carbocycles. The third-order valence-corrected chi connectivity index (χ3v) is 5.05. The molecule has 1 aromatic heterocycles. The molecule has 140 valence electrons. The van der Waals surface area contributed by atoms with Gasteiger partial charge in [0.2, 0.25) is 11.8 Å². The molecule has 5 nitrogen and oxygen atoms in total. The molecule has 27 heavy (non-hydrogen) atoms. The summed E-state index contributed by atoms with van der Waals surface area (Å²) in [5, 5.41) is 12.1. The first-order chi connectivity index (χ1) is 13.0. The summed E-state index contributed by atoms with van der Waals surface area (Å²) in [6, 6.07) is 13.6. The van der Waals surface area contributed by atoms with E-state index in [1.807, 2.05) is 50.2 Å². The fraction of sp³-hybridized carbons (Fsp3) is 0.250. The van der Waals surface area contributed by atoms with E-state index in [0.717, 1.165) is 22.3 Å². The lowest BCUT2D eigenvalue weighted by Gasteiger charge is -2.06. The Hall–Kier alpha value is -2.31. The molecule has 0 aliphatic heterocycles. The van der Waals surface area contributed by atoms with Crippen molar-refractivity contribution >= 4 is 29.3 Å². The van der Waals surface area contributed by atoms with E-state index >= 15 is 0 Å². The molecule has 0 bridgehead atoms. The van der Waals surface area contributed by atoms with Gasteiger partial charge in [-0.2, -0.15) is 0 Å². The molecule has 0 saturated carbocycles. The number of thioether (sulfide) groups is 1. The largest absolute Gasteiger partial charge is 0.411 e. The van der Waals surface area contributed by atoms with E-state index in [9.17, 15) is 4.79 Å². The Morgan fingerprint density at radius 3 is 2.63 bits per heavy atom. The topological polar surface area (TPSA) is 68.0 Å². The summed E-state index contributed by atoms with van der Waals surface area (Å²) in [5.74, 6) is 1.01. The predicted octanol–water partition coefficient (Wildman–Crippen LogP) is 4.81. The minimum absolute atomic E-state index is 0.0449. The highest BCUT2D eigenvalue weighted by Gasteiger charge is 2.11. The lowest BCUT2D eigenvalue weighted by atomic mass is 10.1. The number of carbonyl (C=O) groups is 1. The van der Waals surface area contributed by atoms with Gasteiger partial charge in [0.25, 0.3) is 5.22 Å². The van der Waals surface area contributed by atoms with Crippen LogP contribution in [0.4, 0.5) is 0 Å². The van der Waals surface area contributed by atoms with E-state index in [0.29, 0.717) is 34.9 Å². The molecule has 3 rings (SSSR count). The zero-order valence-electron chi connectivity index (χ0n) is 15.2. The Balaban J connectivity index is 1.47. The molecule has 0 aliphatic rings. The lowest BCUT2D eigenvalue weighted by Crippen LogP contribution is -2.23. The van der Waals surface area contributed by atoms with Crippen LogP contribution in [0.25, 0.3) is 11.5 Å². The number of nitrogens with zero attached hydrogens (tertiary/aromatic N) is 2. The van der Waals surface area contributed by atoms with Crippen molar-refractivity contribution in [3.05, 3.63) is 64.2 Å². The van der Waals surface area contributed by atoms with Gasteiger partial charge in [0.15, 0.2) is 0 Å². The standard InChI is InChI=1S/C20H20ClN3O2S/c1-13-9-14(2)11-16(10-13)19-23-24-20(26-19)27-8-7-18(25)22-12-15-5-3-4-6-17(15)21/h3-6,9-11H,7-8,12H2,1-2H3,(H,22,25). The van der Waals surface area contributed by atoms with Crippen LogP contribution in [0, 0.1) is 13.8 Å². The van der Waals surface area contributed by atoms with E-state index in [-0.39, 0.29) is 5.91 Å². The fourth-order valence-electron chi connectivity index (χ4n) is 2.64. The number of carbonyl (C=O) groups excluding carboxylic acids is 1. The van der Waals surface area contributed by atoms with Crippen molar-refractivity contribution in [2.75, 3.05) is 5.75 Å². The van der Waals surface area contributed by atoms with Crippen LogP contribution in [0.3, 0.4) is 0 Å². The summed E-state index contributed by atoms with van der Waals surface area (Å²) in [5.41, 5.74) is 4.10. The first-order valence-electron chi connectivity index (χ1n) is 8.56. The highest BCUT2D eigenvalue weighted by molar-refractivity contribution is 7.99. The van der Waals surface area contributed by atoms with Crippen LogP contribution in [0.15, 0.2) is 52.1 Å². The molecular formula is C20H20ClN3O2S. The molecule has 0 spiro atoms. The quantitative estimate of drug-likeness (QED) is 0.575. The first-order valence-corrected chi connectivity index (χ1v) is 9.92. The second-order valence-corrected chi connectivity index (χ2v) is 7.67. The van der Waals surface area contributed by atoms with Gasteiger partial charge in [-0.1, -0.05) is 58.8 Å². The molecule has 0 atom stereocenters. The molecule has 1 N–H and O–H groups in total. The van der Waals surface area contributed by atoms with Crippen molar-refractivity contribution in [2.45, 2.75) is 32.0 Å². The number of amides is 1. The zero-order chi connectivity index (χ0) is 19.2. The van der Waals surface area contributed by atoms with Crippen LogP contribution >= 0.6 is 23.4 Å². The number of nitrogens with one attached hydrogen (secondary N) is 1. The maximum Gasteiger partial charge on any atom is 0.276 e. The second-order valence-electron chi connectivity index (χ2n) is 6.22. The molecule has 7 heteroatoms. The second kappa shape index (κ2) is 9.06. The monoisotopic (exact) mass is 401 g/mol. The molecule has 0 unspecified atom stereocenters. The Bertz CT molecular complexity index is 922. The van der Waals surface area contributed by atoms with E-state index in [1.54, 1.807) is 0 Å². The smallest absolute Gasteiger partial charge is 0.276 e. The molecule has 3 aromatic rings. The summed E-state index contributed by atoms with van der Waals surface area (Å²) in [4.78, 5) is 12.0. The third-order valence-electron chi connectivity index (χ3n) is 3.86. The van der Waals surface area contributed by atoms with E-state index in [1.165, 1.54) is 11.8 Å². The minimum atomic E-state index is -0.0449. The number of benzene rings is 2. The van der Waals surface area contributed by atoms with Gasteiger partial charge >= 0.3 is 0 Å². The first kappa shape index (κ1) is 19.5. The van der Waals surface area contributed by atoms with E-state index in [2.05, 4.69) is 21.6 Å². The van der Waals surface area contributed by atoms with Crippen LogP contribution in [0.1, 0.15) is 23.1 Å². The molecular weight excluding hydrogens is 382 g/mol. The van der Waals surface area contributed by atoms with Crippen LogP contribution in [0.5, 0.6) is 0 Å². The van der Waals surface area contributed by atoms with E-state index in [4.69, 9.17) is 16.0 Å². The average Bonchev–Trinajstić information content (AvgIpc) is 3.09. The minimum Gasteiger partial charge on any atom is -0.411 e. The summed E-state index contributed by atoms with van der Waals surface area (Å²) in [6.07, 6.45) is 0.358. The number of halogens is 1. The number of aromatic nitrogens is 2. The Kier molecular flexibility index (Phi) is 6.53. The van der Waals surface area contributed by atoms with Crippen LogP contribution in [-0.4, -0.2) is 21.9 Å². The number of hydrogen-bond donors (Lipinski definition) is 1. The Labute approximate surface area is 167 Å². The molecule has 0 radical (unpaired) electrons. The molecule has 1 heterocycles. The van der Waals surface area contributed by atoms with Gasteiger partial charge in [0, 0.05) is 29.3 Å².